The lowest BCUT2D eigenvalue weighted by Gasteiger charge is -2.11. The van der Waals surface area contributed by atoms with Crippen molar-refractivity contribution in [3.8, 4) is 0 Å². The maximum Gasteiger partial charge on any atom is 0.308 e. The van der Waals surface area contributed by atoms with Gasteiger partial charge in [-0.15, -0.1) is 0 Å². The first-order valence-electron chi connectivity index (χ1n) is 5.33. The van der Waals surface area contributed by atoms with Crippen LogP contribution in [0.25, 0.3) is 11.2 Å². The normalized spacial score (nSPS) is 12.3. The molecule has 96 valence electrons. The predicted octanol–water partition coefficient (Wildman–Crippen LogP) is -0.311. The highest BCUT2D eigenvalue weighted by molar-refractivity contribution is 5.81. The van der Waals surface area contributed by atoms with Crippen molar-refractivity contribution in [1.29, 1.82) is 0 Å². The summed E-state index contributed by atoms with van der Waals surface area (Å²) in [6.07, 6.45) is 1.97. The first kappa shape index (κ1) is 12.2. The molecule has 0 aromatic carbocycles. The van der Waals surface area contributed by atoms with E-state index >= 15 is 0 Å². The van der Waals surface area contributed by atoms with Crippen LogP contribution < -0.4 is 5.32 Å². The van der Waals surface area contributed by atoms with Gasteiger partial charge in [-0.3, -0.25) is 4.79 Å². The van der Waals surface area contributed by atoms with Crippen molar-refractivity contribution in [1.82, 2.24) is 19.9 Å². The minimum Gasteiger partial charge on any atom is -0.469 e. The van der Waals surface area contributed by atoms with Gasteiger partial charge in [0.25, 0.3) is 0 Å². The number of carbonyl (C=O) groups excluding carboxylic acids is 1. The van der Waals surface area contributed by atoms with Crippen molar-refractivity contribution in [3.05, 3.63) is 12.7 Å². The lowest BCUT2D eigenvalue weighted by Crippen LogP contribution is -2.23. The van der Waals surface area contributed by atoms with Crippen LogP contribution >= 0.6 is 0 Å². The molecule has 0 aliphatic heterocycles. The number of hydrogen-bond acceptors (Lipinski definition) is 7. The number of aromatic amines is 1. The average molecular weight is 251 g/mol. The molecule has 0 radical (unpaired) electrons. The second kappa shape index (κ2) is 5.41. The average Bonchev–Trinajstić information content (AvgIpc) is 2.84. The molecule has 1 unspecified atom stereocenters. The molecule has 0 spiro atoms. The first-order chi connectivity index (χ1) is 8.70. The fraction of sp³-hybridized carbons (Fsp3) is 0.400. The minimum absolute atomic E-state index is 0.0687. The molecule has 0 saturated carbocycles. The molecular weight excluding hydrogens is 238 g/mol. The Hall–Kier alpha value is -2.22. The molecule has 18 heavy (non-hydrogen) atoms. The van der Waals surface area contributed by atoms with Crippen LogP contribution in [-0.2, 0) is 9.53 Å². The summed E-state index contributed by atoms with van der Waals surface area (Å²) in [5.74, 6) is 0.0695. The van der Waals surface area contributed by atoms with Crippen molar-refractivity contribution in [3.63, 3.8) is 0 Å². The van der Waals surface area contributed by atoms with E-state index in [2.05, 4.69) is 30.0 Å². The number of aliphatic hydroxyl groups excluding tert-OH is 1. The lowest BCUT2D eigenvalue weighted by atomic mass is 10.2. The van der Waals surface area contributed by atoms with E-state index in [4.69, 9.17) is 0 Å². The van der Waals surface area contributed by atoms with Crippen LogP contribution in [0.2, 0.25) is 0 Å². The number of H-pyrrole nitrogens is 1. The highest BCUT2D eigenvalue weighted by Crippen LogP contribution is 2.14. The zero-order valence-electron chi connectivity index (χ0n) is 9.75. The van der Waals surface area contributed by atoms with Crippen LogP contribution in [0.15, 0.2) is 12.7 Å². The number of carbonyl (C=O) groups is 1. The molecule has 0 aliphatic rings. The molecule has 0 aliphatic carbocycles. The molecule has 8 nitrogen and oxygen atoms in total. The maximum absolute atomic E-state index is 11.0. The molecular formula is C10H13N5O3. The van der Waals surface area contributed by atoms with E-state index < -0.39 is 12.1 Å². The molecule has 0 amide bonds. The van der Waals surface area contributed by atoms with Gasteiger partial charge in [-0.2, -0.15) is 0 Å². The van der Waals surface area contributed by atoms with Gasteiger partial charge in [0.1, 0.15) is 11.8 Å². The third kappa shape index (κ3) is 2.72. The minimum atomic E-state index is -0.842. The number of nitrogens with one attached hydrogen (secondary N) is 2. The van der Waals surface area contributed by atoms with Gasteiger partial charge in [-0.25, -0.2) is 15.0 Å². The number of ether oxygens (including phenoxy) is 1. The Labute approximate surface area is 102 Å². The van der Waals surface area contributed by atoms with E-state index in [9.17, 15) is 9.90 Å². The number of imidazole rings is 1. The zero-order chi connectivity index (χ0) is 13.0. The second-order valence-electron chi connectivity index (χ2n) is 3.64. The largest absolute Gasteiger partial charge is 0.469 e. The van der Waals surface area contributed by atoms with E-state index in [0.29, 0.717) is 17.0 Å². The fourth-order valence-corrected chi connectivity index (χ4v) is 1.46. The Morgan fingerprint density at radius 3 is 3.17 bits per heavy atom. The van der Waals surface area contributed by atoms with Crippen LogP contribution in [0.5, 0.6) is 0 Å². The SMILES string of the molecule is COC(=O)CC(O)CNc1ncnc2nc[nH]c12. The summed E-state index contributed by atoms with van der Waals surface area (Å²) >= 11 is 0. The Kier molecular flexibility index (Phi) is 3.68. The van der Waals surface area contributed by atoms with Crippen LogP contribution in [0, 0.1) is 0 Å². The molecule has 8 heteroatoms. The molecule has 2 aromatic rings. The topological polar surface area (TPSA) is 113 Å². The van der Waals surface area contributed by atoms with Gasteiger partial charge < -0.3 is 20.1 Å². The van der Waals surface area contributed by atoms with Gasteiger partial charge in [0.2, 0.25) is 0 Å². The number of nitrogens with zero attached hydrogens (tertiary/aromatic N) is 3. The summed E-state index contributed by atoms with van der Waals surface area (Å²) in [6, 6.07) is 0. The number of anilines is 1. The molecule has 1 atom stereocenters. The maximum atomic E-state index is 11.0. The van der Waals surface area contributed by atoms with Gasteiger partial charge in [0.05, 0.1) is 26.0 Å². The van der Waals surface area contributed by atoms with Gasteiger partial charge in [0, 0.05) is 6.54 Å². The van der Waals surface area contributed by atoms with Crippen molar-refractivity contribution < 1.29 is 14.6 Å². The second-order valence-corrected chi connectivity index (χ2v) is 3.64. The van der Waals surface area contributed by atoms with Crippen LogP contribution in [0.3, 0.4) is 0 Å². The van der Waals surface area contributed by atoms with Crippen molar-refractivity contribution in [2.75, 3.05) is 19.0 Å². The zero-order valence-corrected chi connectivity index (χ0v) is 9.75. The van der Waals surface area contributed by atoms with E-state index in [1.54, 1.807) is 0 Å². The number of aromatic nitrogens is 4. The predicted molar refractivity (Wildman–Crippen MR) is 62.8 cm³/mol. The summed E-state index contributed by atoms with van der Waals surface area (Å²) < 4.78 is 4.46. The van der Waals surface area contributed by atoms with E-state index in [0.717, 1.165) is 0 Å². The Morgan fingerprint density at radius 1 is 1.56 bits per heavy atom. The van der Waals surface area contributed by atoms with Crippen LogP contribution in [-0.4, -0.2) is 50.8 Å². The first-order valence-corrected chi connectivity index (χ1v) is 5.33. The third-order valence-electron chi connectivity index (χ3n) is 2.36. The molecule has 2 aromatic heterocycles. The third-order valence-corrected chi connectivity index (χ3v) is 2.36. The Balaban J connectivity index is 1.97. The number of fused-ring (bicyclic) bond motifs is 1. The Morgan fingerprint density at radius 2 is 2.39 bits per heavy atom. The van der Waals surface area contributed by atoms with Crippen LogP contribution in [0.1, 0.15) is 6.42 Å². The monoisotopic (exact) mass is 251 g/mol. The summed E-state index contributed by atoms with van der Waals surface area (Å²) in [5.41, 5.74) is 1.19. The highest BCUT2D eigenvalue weighted by Gasteiger charge is 2.12. The summed E-state index contributed by atoms with van der Waals surface area (Å²) in [7, 11) is 1.28. The number of esters is 1. The molecule has 2 rings (SSSR count). The van der Waals surface area contributed by atoms with Gasteiger partial charge in [-0.1, -0.05) is 0 Å². The number of hydrogen-bond donors (Lipinski definition) is 3. The van der Waals surface area contributed by atoms with Crippen LogP contribution in [0.4, 0.5) is 5.82 Å². The van der Waals surface area contributed by atoms with Crippen molar-refractivity contribution >= 4 is 23.0 Å². The molecule has 0 saturated heterocycles. The lowest BCUT2D eigenvalue weighted by molar-refractivity contribution is -0.142. The standard InChI is InChI=1S/C10H13N5O3/c1-18-7(17)2-6(16)3-11-9-8-10(13-4-12-8)15-5-14-9/h4-6,16H,2-3H2,1H3,(H2,11,12,13,14,15). The molecule has 3 N–H and O–H groups in total. The summed E-state index contributed by atoms with van der Waals surface area (Å²) in [4.78, 5) is 25.8. The summed E-state index contributed by atoms with van der Waals surface area (Å²) in [5, 5.41) is 12.5. The molecule has 0 fully saturated rings. The van der Waals surface area contributed by atoms with Gasteiger partial charge in [0.15, 0.2) is 11.5 Å². The summed E-state index contributed by atoms with van der Waals surface area (Å²) in [6.45, 7) is 0.181. The van der Waals surface area contributed by atoms with Gasteiger partial charge in [-0.05, 0) is 0 Å². The number of rotatable bonds is 5. The van der Waals surface area contributed by atoms with E-state index in [1.807, 2.05) is 0 Å². The number of aliphatic hydroxyl groups is 1. The quantitative estimate of drug-likeness (QED) is 0.624. The number of methoxy groups -OCH3 is 1. The fourth-order valence-electron chi connectivity index (χ4n) is 1.46. The molecule has 0 bridgehead atoms. The van der Waals surface area contributed by atoms with Crippen molar-refractivity contribution in [2.45, 2.75) is 12.5 Å². The highest BCUT2D eigenvalue weighted by atomic mass is 16.5. The van der Waals surface area contributed by atoms with E-state index in [1.165, 1.54) is 19.8 Å². The smallest absolute Gasteiger partial charge is 0.308 e. The molecule has 2 heterocycles. The van der Waals surface area contributed by atoms with Crippen molar-refractivity contribution in [2.24, 2.45) is 0 Å². The van der Waals surface area contributed by atoms with E-state index in [-0.39, 0.29) is 13.0 Å². The van der Waals surface area contributed by atoms with Gasteiger partial charge >= 0.3 is 5.97 Å². The Bertz CT molecular complexity index is 541.